The first-order valence-electron chi connectivity index (χ1n) is 7.14. The van der Waals surface area contributed by atoms with Gasteiger partial charge >= 0.3 is 0 Å². The Labute approximate surface area is 137 Å². The lowest BCUT2D eigenvalue weighted by Crippen LogP contribution is -2.40. The summed E-state index contributed by atoms with van der Waals surface area (Å²) in [5.41, 5.74) is 6.15. The number of pyridine rings is 1. The van der Waals surface area contributed by atoms with Crippen LogP contribution in [-0.2, 0) is 10.0 Å². The van der Waals surface area contributed by atoms with E-state index in [2.05, 4.69) is 16.6 Å². The summed E-state index contributed by atoms with van der Waals surface area (Å²) in [6.45, 7) is 2.36. The van der Waals surface area contributed by atoms with Crippen molar-refractivity contribution in [1.82, 2.24) is 9.71 Å². The third-order valence-electron chi connectivity index (χ3n) is 3.40. The molecule has 22 heavy (non-hydrogen) atoms. The summed E-state index contributed by atoms with van der Waals surface area (Å²) in [4.78, 5) is 4.40. The molecule has 5 nitrogen and oxygen atoms in total. The van der Waals surface area contributed by atoms with Crippen molar-refractivity contribution in [3.63, 3.8) is 0 Å². The molecule has 2 aromatic rings. The van der Waals surface area contributed by atoms with Crippen LogP contribution in [-0.4, -0.2) is 26.0 Å². The molecule has 1 aromatic heterocycles. The maximum atomic E-state index is 12.6. The highest BCUT2D eigenvalue weighted by Gasteiger charge is 2.21. The average Bonchev–Trinajstić information content (AvgIpc) is 2.50. The molecule has 0 aliphatic carbocycles. The molecule has 0 aliphatic rings. The lowest BCUT2D eigenvalue weighted by atomic mass is 10.1. The number of aromatic nitrogens is 1. The second-order valence-electron chi connectivity index (χ2n) is 5.03. The number of nitrogens with one attached hydrogen (secondary N) is 1. The number of para-hydroxylation sites is 1. The molecule has 0 saturated heterocycles. The van der Waals surface area contributed by atoms with Crippen LogP contribution >= 0.6 is 12.4 Å². The molecule has 1 heterocycles. The van der Waals surface area contributed by atoms with Gasteiger partial charge < -0.3 is 5.73 Å². The zero-order valence-electron chi connectivity index (χ0n) is 12.5. The van der Waals surface area contributed by atoms with E-state index in [1.807, 2.05) is 12.1 Å². The zero-order chi connectivity index (χ0) is 15.3. The second-order valence-corrected chi connectivity index (χ2v) is 6.71. The predicted molar refractivity (Wildman–Crippen MR) is 91.7 cm³/mol. The standard InChI is InChI=1S/C15H21N3O2S.ClH/c1-2-3-8-13(11-16)18-21(19,20)14-9-4-6-12-7-5-10-17-15(12)14;/h4-7,9-10,13,18H,2-3,8,11,16H2,1H3;1H. The van der Waals surface area contributed by atoms with Gasteiger partial charge in [-0.25, -0.2) is 13.1 Å². The van der Waals surface area contributed by atoms with Crippen LogP contribution < -0.4 is 10.5 Å². The number of hydrogen-bond donors (Lipinski definition) is 2. The molecule has 0 amide bonds. The Morgan fingerprint density at radius 2 is 2.00 bits per heavy atom. The normalized spacial score (nSPS) is 12.8. The van der Waals surface area contributed by atoms with E-state index < -0.39 is 10.0 Å². The first kappa shape index (κ1) is 18.8. The van der Waals surface area contributed by atoms with E-state index in [0.29, 0.717) is 5.52 Å². The molecular formula is C15H22ClN3O2S. The zero-order valence-corrected chi connectivity index (χ0v) is 14.2. The van der Waals surface area contributed by atoms with Crippen LogP contribution in [0.4, 0.5) is 0 Å². The summed E-state index contributed by atoms with van der Waals surface area (Å²) in [6, 6.07) is 8.54. The quantitative estimate of drug-likeness (QED) is 0.808. The molecule has 0 fully saturated rings. The van der Waals surface area contributed by atoms with Gasteiger partial charge in [-0.1, -0.05) is 38.0 Å². The summed E-state index contributed by atoms with van der Waals surface area (Å²) < 4.78 is 27.8. The first-order chi connectivity index (χ1) is 10.1. The van der Waals surface area contributed by atoms with Gasteiger partial charge in [0.25, 0.3) is 0 Å². The maximum Gasteiger partial charge on any atom is 0.243 e. The van der Waals surface area contributed by atoms with E-state index in [9.17, 15) is 8.42 Å². The fourth-order valence-electron chi connectivity index (χ4n) is 2.25. The predicted octanol–water partition coefficient (Wildman–Crippen LogP) is 2.45. The van der Waals surface area contributed by atoms with Gasteiger partial charge in [-0.3, -0.25) is 4.98 Å². The SMILES string of the molecule is CCCCC(CN)NS(=O)(=O)c1cccc2cccnc12.Cl. The van der Waals surface area contributed by atoms with Gasteiger partial charge in [-0.15, -0.1) is 12.4 Å². The van der Waals surface area contributed by atoms with Crippen molar-refractivity contribution in [2.24, 2.45) is 5.73 Å². The number of sulfonamides is 1. The molecule has 1 aromatic carbocycles. The van der Waals surface area contributed by atoms with Crippen molar-refractivity contribution in [1.29, 1.82) is 0 Å². The molecule has 3 N–H and O–H groups in total. The van der Waals surface area contributed by atoms with Crippen molar-refractivity contribution in [2.75, 3.05) is 6.54 Å². The Hall–Kier alpha value is -1.21. The van der Waals surface area contributed by atoms with E-state index in [1.54, 1.807) is 24.4 Å². The summed E-state index contributed by atoms with van der Waals surface area (Å²) in [5.74, 6) is 0. The van der Waals surface area contributed by atoms with E-state index in [-0.39, 0.29) is 29.9 Å². The van der Waals surface area contributed by atoms with Crippen LogP contribution in [0, 0.1) is 0 Å². The number of hydrogen-bond acceptors (Lipinski definition) is 4. The van der Waals surface area contributed by atoms with Gasteiger partial charge in [0.1, 0.15) is 4.90 Å². The summed E-state index contributed by atoms with van der Waals surface area (Å²) >= 11 is 0. The highest BCUT2D eigenvalue weighted by atomic mass is 35.5. The molecule has 0 spiro atoms. The summed E-state index contributed by atoms with van der Waals surface area (Å²) in [6.07, 6.45) is 4.29. The van der Waals surface area contributed by atoms with E-state index in [4.69, 9.17) is 5.73 Å². The van der Waals surface area contributed by atoms with Crippen molar-refractivity contribution < 1.29 is 8.42 Å². The van der Waals surface area contributed by atoms with Crippen LogP contribution in [0.15, 0.2) is 41.4 Å². The largest absolute Gasteiger partial charge is 0.329 e. The molecule has 0 radical (unpaired) electrons. The Kier molecular flexibility index (Phi) is 7.22. The number of unbranched alkanes of at least 4 members (excludes halogenated alkanes) is 1. The average molecular weight is 344 g/mol. The van der Waals surface area contributed by atoms with Crippen LogP contribution in [0.1, 0.15) is 26.2 Å². The lowest BCUT2D eigenvalue weighted by Gasteiger charge is -2.17. The second kappa shape index (κ2) is 8.43. The van der Waals surface area contributed by atoms with Gasteiger partial charge in [0.05, 0.1) is 5.52 Å². The third-order valence-corrected chi connectivity index (χ3v) is 4.95. The Bertz CT molecular complexity index is 702. The highest BCUT2D eigenvalue weighted by molar-refractivity contribution is 7.89. The van der Waals surface area contributed by atoms with Crippen molar-refractivity contribution in [3.05, 3.63) is 36.5 Å². The molecule has 1 unspecified atom stereocenters. The van der Waals surface area contributed by atoms with Crippen molar-refractivity contribution in [3.8, 4) is 0 Å². The molecule has 7 heteroatoms. The van der Waals surface area contributed by atoms with Crippen LogP contribution in [0.5, 0.6) is 0 Å². The van der Waals surface area contributed by atoms with Gasteiger partial charge in [0.2, 0.25) is 10.0 Å². The van der Waals surface area contributed by atoms with E-state index in [1.165, 1.54) is 0 Å². The van der Waals surface area contributed by atoms with E-state index in [0.717, 1.165) is 24.6 Å². The minimum atomic E-state index is -3.62. The number of benzene rings is 1. The molecule has 0 aliphatic heterocycles. The van der Waals surface area contributed by atoms with Crippen molar-refractivity contribution in [2.45, 2.75) is 37.1 Å². The van der Waals surface area contributed by atoms with Gasteiger partial charge in [-0.2, -0.15) is 0 Å². The maximum absolute atomic E-state index is 12.6. The monoisotopic (exact) mass is 343 g/mol. The Balaban J connectivity index is 0.00000242. The smallest absolute Gasteiger partial charge is 0.243 e. The van der Waals surface area contributed by atoms with Gasteiger partial charge in [0, 0.05) is 24.2 Å². The minimum absolute atomic E-state index is 0. The van der Waals surface area contributed by atoms with Crippen LogP contribution in [0.3, 0.4) is 0 Å². The summed E-state index contributed by atoms with van der Waals surface area (Å²) in [7, 11) is -3.62. The molecule has 0 saturated carbocycles. The van der Waals surface area contributed by atoms with Crippen LogP contribution in [0.2, 0.25) is 0 Å². The molecule has 122 valence electrons. The fourth-order valence-corrected chi connectivity index (χ4v) is 3.71. The molecule has 0 bridgehead atoms. The lowest BCUT2D eigenvalue weighted by molar-refractivity contribution is 0.516. The van der Waals surface area contributed by atoms with Crippen molar-refractivity contribution >= 4 is 33.3 Å². The van der Waals surface area contributed by atoms with Gasteiger partial charge in [0.15, 0.2) is 0 Å². The topological polar surface area (TPSA) is 85.1 Å². The van der Waals surface area contributed by atoms with E-state index >= 15 is 0 Å². The summed E-state index contributed by atoms with van der Waals surface area (Å²) in [5, 5.41) is 0.804. The number of nitrogens with zero attached hydrogens (tertiary/aromatic N) is 1. The first-order valence-corrected chi connectivity index (χ1v) is 8.63. The Morgan fingerprint density at radius 3 is 2.68 bits per heavy atom. The number of halogens is 1. The minimum Gasteiger partial charge on any atom is -0.329 e. The number of fused-ring (bicyclic) bond motifs is 1. The number of rotatable bonds is 7. The van der Waals surface area contributed by atoms with Crippen LogP contribution in [0.25, 0.3) is 10.9 Å². The fraction of sp³-hybridized carbons (Fsp3) is 0.400. The third kappa shape index (κ3) is 4.39. The Morgan fingerprint density at radius 1 is 1.27 bits per heavy atom. The highest BCUT2D eigenvalue weighted by Crippen LogP contribution is 2.21. The molecule has 2 rings (SSSR count). The van der Waals surface area contributed by atoms with Gasteiger partial charge in [-0.05, 0) is 18.6 Å². The molecule has 1 atom stereocenters. The molecular weight excluding hydrogens is 322 g/mol. The number of nitrogens with two attached hydrogens (primary N) is 1.